The molecule has 1 heterocycles. The van der Waals surface area contributed by atoms with Crippen LogP contribution in [0.15, 0.2) is 24.3 Å². The monoisotopic (exact) mass is 317 g/mol. The van der Waals surface area contributed by atoms with Crippen LogP contribution in [-0.2, 0) is 11.2 Å². The van der Waals surface area contributed by atoms with E-state index in [-0.39, 0.29) is 27.0 Å². The van der Waals surface area contributed by atoms with Crippen LogP contribution in [0.2, 0.25) is 10.0 Å². The number of nitrogens with zero attached hydrogens (tertiary/aromatic N) is 1. The van der Waals surface area contributed by atoms with Crippen molar-refractivity contribution in [1.82, 2.24) is 4.98 Å². The van der Waals surface area contributed by atoms with Gasteiger partial charge in [0.25, 0.3) is 0 Å². The van der Waals surface area contributed by atoms with E-state index in [4.69, 9.17) is 28.3 Å². The van der Waals surface area contributed by atoms with Crippen LogP contribution in [0.3, 0.4) is 0 Å². The fourth-order valence-corrected chi connectivity index (χ4v) is 2.19. The second kappa shape index (κ2) is 5.73. The lowest BCUT2D eigenvalue weighted by atomic mass is 10.1. The van der Waals surface area contributed by atoms with Gasteiger partial charge in [0, 0.05) is 21.7 Å². The number of aromatic nitrogens is 1. The third kappa shape index (κ3) is 3.23. The van der Waals surface area contributed by atoms with Gasteiger partial charge in [0.05, 0.1) is 12.1 Å². The summed E-state index contributed by atoms with van der Waals surface area (Å²) in [5.41, 5.74) is -0.316. The van der Waals surface area contributed by atoms with Crippen LogP contribution in [0.4, 0.5) is 8.78 Å². The van der Waals surface area contributed by atoms with Crippen molar-refractivity contribution in [2.24, 2.45) is 0 Å². The highest BCUT2D eigenvalue weighted by Crippen LogP contribution is 2.28. The Kier molecular flexibility index (Phi) is 4.20. The van der Waals surface area contributed by atoms with Crippen molar-refractivity contribution in [3.63, 3.8) is 0 Å². The summed E-state index contributed by atoms with van der Waals surface area (Å²) < 4.78 is 27.2. The summed E-state index contributed by atoms with van der Waals surface area (Å²) in [7, 11) is 0. The maximum Gasteiger partial charge on any atom is 0.309 e. The molecule has 0 saturated carbocycles. The van der Waals surface area contributed by atoms with Gasteiger partial charge in [-0.2, -0.15) is 0 Å². The molecule has 1 N–H and O–H groups in total. The van der Waals surface area contributed by atoms with E-state index >= 15 is 0 Å². The molecule has 0 aliphatic carbocycles. The minimum atomic E-state index is -1.27. The Morgan fingerprint density at radius 1 is 1.10 bits per heavy atom. The van der Waals surface area contributed by atoms with Crippen molar-refractivity contribution in [2.75, 3.05) is 0 Å². The smallest absolute Gasteiger partial charge is 0.309 e. The Morgan fingerprint density at radius 3 is 2.25 bits per heavy atom. The molecule has 0 saturated heterocycles. The molecule has 0 spiro atoms. The second-order valence-electron chi connectivity index (χ2n) is 3.98. The van der Waals surface area contributed by atoms with Gasteiger partial charge in [0.2, 0.25) is 0 Å². The lowest BCUT2D eigenvalue weighted by Crippen LogP contribution is -2.07. The highest BCUT2D eigenvalue weighted by molar-refractivity contribution is 6.35. The fourth-order valence-electron chi connectivity index (χ4n) is 1.66. The van der Waals surface area contributed by atoms with Gasteiger partial charge in [-0.25, -0.2) is 13.8 Å². The molecule has 0 fully saturated rings. The minimum Gasteiger partial charge on any atom is -0.481 e. The van der Waals surface area contributed by atoms with Crippen LogP contribution >= 0.6 is 23.2 Å². The van der Waals surface area contributed by atoms with E-state index in [0.717, 1.165) is 0 Å². The van der Waals surface area contributed by atoms with Gasteiger partial charge < -0.3 is 5.11 Å². The normalized spacial score (nSPS) is 10.6. The van der Waals surface area contributed by atoms with Gasteiger partial charge >= 0.3 is 5.97 Å². The van der Waals surface area contributed by atoms with Crippen molar-refractivity contribution in [1.29, 1.82) is 0 Å². The average Bonchev–Trinajstić information content (AvgIpc) is 2.30. The number of aliphatic carboxylic acids is 1. The number of carboxylic acid groups (broad SMARTS) is 1. The van der Waals surface area contributed by atoms with Crippen LogP contribution < -0.4 is 0 Å². The van der Waals surface area contributed by atoms with Gasteiger partial charge in [-0.15, -0.1) is 0 Å². The summed E-state index contributed by atoms with van der Waals surface area (Å²) in [6.07, 6.45) is -0.645. The van der Waals surface area contributed by atoms with E-state index in [2.05, 4.69) is 4.98 Å². The number of hydrogen-bond acceptors (Lipinski definition) is 2. The molecule has 0 bridgehead atoms. The Bertz CT molecular complexity index is 672. The Balaban J connectivity index is 2.58. The zero-order valence-electron chi connectivity index (χ0n) is 9.83. The first-order chi connectivity index (χ1) is 9.36. The summed E-state index contributed by atoms with van der Waals surface area (Å²) in [6.45, 7) is 0. The van der Waals surface area contributed by atoms with E-state index in [1.807, 2.05) is 0 Å². The molecule has 0 amide bonds. The highest BCUT2D eigenvalue weighted by Gasteiger charge is 2.16. The maximum absolute atomic E-state index is 13.8. The largest absolute Gasteiger partial charge is 0.481 e. The van der Waals surface area contributed by atoms with E-state index in [0.29, 0.717) is 6.07 Å². The highest BCUT2D eigenvalue weighted by atomic mass is 35.5. The van der Waals surface area contributed by atoms with E-state index in [9.17, 15) is 13.6 Å². The van der Waals surface area contributed by atoms with Crippen LogP contribution in [0, 0.1) is 11.6 Å². The average molecular weight is 318 g/mol. The number of carboxylic acids is 1. The number of hydrogen-bond donors (Lipinski definition) is 1. The standard InChI is InChI=1S/C13H7Cl2F2NO2/c14-7-1-6(2-8(15)3-7)13-10(17)4-9(16)11(18-13)5-12(19)20/h1-4H,5H2,(H,19,20). The molecule has 1 aromatic carbocycles. The quantitative estimate of drug-likeness (QED) is 0.932. The lowest BCUT2D eigenvalue weighted by Gasteiger charge is -2.07. The number of rotatable bonds is 3. The number of pyridine rings is 1. The molecule has 0 atom stereocenters. The van der Waals surface area contributed by atoms with Crippen molar-refractivity contribution < 1.29 is 18.7 Å². The van der Waals surface area contributed by atoms with Gasteiger partial charge in [-0.3, -0.25) is 4.79 Å². The first-order valence-corrected chi connectivity index (χ1v) is 6.15. The molecule has 1 aromatic heterocycles. The van der Waals surface area contributed by atoms with E-state index < -0.39 is 24.0 Å². The van der Waals surface area contributed by atoms with Crippen molar-refractivity contribution in [3.05, 3.63) is 51.6 Å². The third-order valence-electron chi connectivity index (χ3n) is 2.46. The topological polar surface area (TPSA) is 50.2 Å². The predicted molar refractivity (Wildman–Crippen MR) is 70.9 cm³/mol. The third-order valence-corrected chi connectivity index (χ3v) is 2.89. The summed E-state index contributed by atoms with van der Waals surface area (Å²) in [5, 5.41) is 9.19. The van der Waals surface area contributed by atoms with E-state index in [1.54, 1.807) is 0 Å². The summed E-state index contributed by atoms with van der Waals surface area (Å²) in [5.74, 6) is -3.20. The van der Waals surface area contributed by atoms with Crippen LogP contribution in [0.25, 0.3) is 11.3 Å². The molecule has 104 valence electrons. The van der Waals surface area contributed by atoms with Gasteiger partial charge in [0.15, 0.2) is 5.82 Å². The van der Waals surface area contributed by atoms with Gasteiger partial charge in [-0.05, 0) is 18.2 Å². The molecule has 2 rings (SSSR count). The maximum atomic E-state index is 13.8. The SMILES string of the molecule is O=C(O)Cc1nc(-c2cc(Cl)cc(Cl)c2)c(F)cc1F. The molecule has 7 heteroatoms. The molecular weight excluding hydrogens is 311 g/mol. The predicted octanol–water partition coefficient (Wildman–Crippen LogP) is 3.96. The molecule has 3 nitrogen and oxygen atoms in total. The van der Waals surface area contributed by atoms with Crippen LogP contribution in [-0.4, -0.2) is 16.1 Å². The van der Waals surface area contributed by atoms with Crippen LogP contribution in [0.5, 0.6) is 0 Å². The Labute approximate surface area is 122 Å². The summed E-state index contributed by atoms with van der Waals surface area (Å²) in [6, 6.07) is 4.85. The van der Waals surface area contributed by atoms with Crippen LogP contribution in [0.1, 0.15) is 5.69 Å². The van der Waals surface area contributed by atoms with Gasteiger partial charge in [-0.1, -0.05) is 23.2 Å². The van der Waals surface area contributed by atoms with Crippen molar-refractivity contribution in [2.45, 2.75) is 6.42 Å². The van der Waals surface area contributed by atoms with Crippen molar-refractivity contribution >= 4 is 29.2 Å². The zero-order valence-corrected chi connectivity index (χ0v) is 11.3. The molecule has 0 radical (unpaired) electrons. The zero-order chi connectivity index (χ0) is 14.9. The first-order valence-electron chi connectivity index (χ1n) is 5.40. The Hall–Kier alpha value is -1.72. The lowest BCUT2D eigenvalue weighted by molar-refractivity contribution is -0.136. The van der Waals surface area contributed by atoms with Crippen molar-refractivity contribution in [3.8, 4) is 11.3 Å². The number of halogens is 4. The summed E-state index contributed by atoms with van der Waals surface area (Å²) >= 11 is 11.6. The second-order valence-corrected chi connectivity index (χ2v) is 4.85. The molecule has 0 aliphatic rings. The fraction of sp³-hybridized carbons (Fsp3) is 0.0769. The molecule has 0 unspecified atom stereocenters. The number of carbonyl (C=O) groups is 1. The molecule has 20 heavy (non-hydrogen) atoms. The Morgan fingerprint density at radius 2 is 1.70 bits per heavy atom. The summed E-state index contributed by atoms with van der Waals surface area (Å²) in [4.78, 5) is 14.3. The number of benzene rings is 1. The molecular formula is C13H7Cl2F2NO2. The minimum absolute atomic E-state index is 0.202. The van der Waals surface area contributed by atoms with Gasteiger partial charge in [0.1, 0.15) is 11.5 Å². The molecule has 2 aromatic rings. The molecule has 0 aliphatic heterocycles. The van der Waals surface area contributed by atoms with E-state index in [1.165, 1.54) is 18.2 Å². The first kappa shape index (κ1) is 14.7.